The average Bonchev–Trinajstić information content (AvgIpc) is 3.06. The molecule has 1 aromatic carbocycles. The van der Waals surface area contributed by atoms with E-state index in [0.29, 0.717) is 35.8 Å². The molecule has 136 valence electrons. The third-order valence-corrected chi connectivity index (χ3v) is 6.91. The van der Waals surface area contributed by atoms with Crippen molar-refractivity contribution in [3.63, 3.8) is 0 Å². The number of rotatable bonds is 4. The van der Waals surface area contributed by atoms with Gasteiger partial charge >= 0.3 is 0 Å². The van der Waals surface area contributed by atoms with Crippen LogP contribution in [0.4, 0.5) is 0 Å². The van der Waals surface area contributed by atoms with Gasteiger partial charge in [-0.3, -0.25) is 4.79 Å². The highest BCUT2D eigenvalue weighted by atomic mass is 32.2. The molecule has 0 aliphatic carbocycles. The Labute approximate surface area is 153 Å². The SMILES string of the molecule is Cc1ccc(S(=O)(=O)NCc2cc3cc4c(cc3[nH]c2=O)OCCO4)s1. The number of sulfonamides is 1. The van der Waals surface area contributed by atoms with Gasteiger partial charge in [-0.1, -0.05) is 0 Å². The molecule has 1 aliphatic heterocycles. The molecule has 2 aromatic heterocycles. The number of pyridine rings is 1. The molecule has 4 rings (SSSR count). The normalized spacial score (nSPS) is 13.9. The quantitative estimate of drug-likeness (QED) is 0.709. The van der Waals surface area contributed by atoms with Crippen LogP contribution < -0.4 is 19.8 Å². The van der Waals surface area contributed by atoms with E-state index in [2.05, 4.69) is 9.71 Å². The molecule has 3 aromatic rings. The first-order chi connectivity index (χ1) is 12.4. The van der Waals surface area contributed by atoms with Crippen LogP contribution in [-0.2, 0) is 16.6 Å². The molecule has 0 unspecified atom stereocenters. The Balaban J connectivity index is 1.64. The number of ether oxygens (including phenoxy) is 2. The summed E-state index contributed by atoms with van der Waals surface area (Å²) in [6.07, 6.45) is 0. The largest absolute Gasteiger partial charge is 0.486 e. The number of aromatic nitrogens is 1. The summed E-state index contributed by atoms with van der Waals surface area (Å²) in [7, 11) is -3.65. The van der Waals surface area contributed by atoms with Gasteiger partial charge in [-0.05, 0) is 31.2 Å². The van der Waals surface area contributed by atoms with Crippen LogP contribution in [0.25, 0.3) is 10.9 Å². The summed E-state index contributed by atoms with van der Waals surface area (Å²) >= 11 is 1.19. The Kier molecular flexibility index (Phi) is 4.22. The summed E-state index contributed by atoms with van der Waals surface area (Å²) < 4.78 is 38.4. The van der Waals surface area contributed by atoms with Crippen LogP contribution in [0.2, 0.25) is 0 Å². The fourth-order valence-corrected chi connectivity index (χ4v) is 5.05. The first kappa shape index (κ1) is 17.1. The van der Waals surface area contributed by atoms with Crippen LogP contribution in [0.3, 0.4) is 0 Å². The molecule has 3 heterocycles. The molecule has 26 heavy (non-hydrogen) atoms. The predicted molar refractivity (Wildman–Crippen MR) is 98.6 cm³/mol. The summed E-state index contributed by atoms with van der Waals surface area (Å²) in [6.45, 7) is 2.67. The second-order valence-electron chi connectivity index (χ2n) is 5.90. The highest BCUT2D eigenvalue weighted by molar-refractivity contribution is 7.91. The van der Waals surface area contributed by atoms with Gasteiger partial charge in [-0.25, -0.2) is 13.1 Å². The number of hydrogen-bond donors (Lipinski definition) is 2. The Hall–Kier alpha value is -2.36. The highest BCUT2D eigenvalue weighted by Gasteiger charge is 2.18. The summed E-state index contributed by atoms with van der Waals surface area (Å²) in [5, 5.41) is 0.745. The molecule has 0 radical (unpaired) electrons. The fourth-order valence-electron chi connectivity index (χ4n) is 2.72. The van der Waals surface area contributed by atoms with Crippen molar-refractivity contribution in [2.24, 2.45) is 0 Å². The molecule has 2 N–H and O–H groups in total. The van der Waals surface area contributed by atoms with Gasteiger partial charge < -0.3 is 14.5 Å². The number of H-pyrrole nitrogens is 1. The van der Waals surface area contributed by atoms with Crippen LogP contribution in [0.15, 0.2) is 39.3 Å². The van der Waals surface area contributed by atoms with Gasteiger partial charge in [0.1, 0.15) is 17.4 Å². The second-order valence-corrected chi connectivity index (χ2v) is 9.18. The lowest BCUT2D eigenvalue weighted by molar-refractivity contribution is 0.172. The van der Waals surface area contributed by atoms with Crippen molar-refractivity contribution in [3.8, 4) is 11.5 Å². The molecule has 1 aliphatic rings. The van der Waals surface area contributed by atoms with Crippen molar-refractivity contribution in [2.75, 3.05) is 13.2 Å². The lowest BCUT2D eigenvalue weighted by atomic mass is 10.1. The number of aromatic amines is 1. The van der Waals surface area contributed by atoms with Gasteiger partial charge in [-0.2, -0.15) is 0 Å². The van der Waals surface area contributed by atoms with Gasteiger partial charge in [-0.15, -0.1) is 11.3 Å². The molecular formula is C17H16N2O5S2. The minimum Gasteiger partial charge on any atom is -0.486 e. The third kappa shape index (κ3) is 3.20. The zero-order valence-corrected chi connectivity index (χ0v) is 15.5. The average molecular weight is 392 g/mol. The third-order valence-electron chi connectivity index (χ3n) is 4.02. The molecule has 0 fully saturated rings. The van der Waals surface area contributed by atoms with E-state index in [-0.39, 0.29) is 16.3 Å². The maximum absolute atomic E-state index is 12.3. The van der Waals surface area contributed by atoms with Crippen LogP contribution >= 0.6 is 11.3 Å². The molecule has 0 spiro atoms. The molecule has 0 saturated heterocycles. The standard InChI is InChI=1S/C17H16N2O5S2/c1-10-2-3-16(25-10)26(21,22)18-9-12-6-11-7-14-15(24-5-4-23-14)8-13(11)19-17(12)20/h2-3,6-8,18H,4-5,9H2,1H3,(H,19,20). The van der Waals surface area contributed by atoms with Gasteiger partial charge in [0.15, 0.2) is 11.5 Å². The van der Waals surface area contributed by atoms with Crippen molar-refractivity contribution >= 4 is 32.3 Å². The first-order valence-corrected chi connectivity index (χ1v) is 10.2. The van der Waals surface area contributed by atoms with Gasteiger partial charge in [0, 0.05) is 28.4 Å². The second kappa shape index (κ2) is 6.42. The van der Waals surface area contributed by atoms with Crippen LogP contribution in [0, 0.1) is 6.92 Å². The zero-order valence-electron chi connectivity index (χ0n) is 13.9. The van der Waals surface area contributed by atoms with E-state index >= 15 is 0 Å². The fraction of sp³-hybridized carbons (Fsp3) is 0.235. The predicted octanol–water partition coefficient (Wildman–Crippen LogP) is 2.15. The maximum atomic E-state index is 12.3. The van der Waals surface area contributed by atoms with E-state index < -0.39 is 10.0 Å². The smallest absolute Gasteiger partial charge is 0.252 e. The van der Waals surface area contributed by atoms with E-state index in [1.807, 2.05) is 6.92 Å². The lowest BCUT2D eigenvalue weighted by Gasteiger charge is -2.18. The number of fused-ring (bicyclic) bond motifs is 2. The van der Waals surface area contributed by atoms with Crippen molar-refractivity contribution in [1.82, 2.24) is 9.71 Å². The summed E-state index contributed by atoms with van der Waals surface area (Å²) in [4.78, 5) is 16.0. The van der Waals surface area contributed by atoms with Crippen LogP contribution in [-0.4, -0.2) is 26.6 Å². The number of nitrogens with one attached hydrogen (secondary N) is 2. The van der Waals surface area contributed by atoms with E-state index in [1.54, 1.807) is 30.3 Å². The Morgan fingerprint density at radius 1 is 1.15 bits per heavy atom. The molecule has 0 amide bonds. The Bertz CT molecular complexity index is 1150. The van der Waals surface area contributed by atoms with Crippen molar-refractivity contribution in [1.29, 1.82) is 0 Å². The highest BCUT2D eigenvalue weighted by Crippen LogP contribution is 2.33. The van der Waals surface area contributed by atoms with Gasteiger partial charge in [0.05, 0.1) is 5.52 Å². The molecule has 0 atom stereocenters. The first-order valence-electron chi connectivity index (χ1n) is 7.94. The van der Waals surface area contributed by atoms with E-state index in [4.69, 9.17) is 9.47 Å². The van der Waals surface area contributed by atoms with E-state index in [9.17, 15) is 13.2 Å². The van der Waals surface area contributed by atoms with Crippen molar-refractivity contribution in [3.05, 3.63) is 51.1 Å². The monoisotopic (exact) mass is 392 g/mol. The summed E-state index contributed by atoms with van der Waals surface area (Å²) in [5.41, 5.74) is 0.588. The minimum absolute atomic E-state index is 0.0982. The maximum Gasteiger partial charge on any atom is 0.252 e. The van der Waals surface area contributed by atoms with Crippen molar-refractivity contribution in [2.45, 2.75) is 17.7 Å². The van der Waals surface area contributed by atoms with Crippen molar-refractivity contribution < 1.29 is 17.9 Å². The Morgan fingerprint density at radius 2 is 1.88 bits per heavy atom. The number of benzene rings is 1. The van der Waals surface area contributed by atoms with Crippen LogP contribution in [0.5, 0.6) is 11.5 Å². The molecular weight excluding hydrogens is 376 g/mol. The number of thiophene rings is 1. The molecule has 7 nitrogen and oxygen atoms in total. The van der Waals surface area contributed by atoms with E-state index in [0.717, 1.165) is 10.3 Å². The van der Waals surface area contributed by atoms with E-state index in [1.165, 1.54) is 11.3 Å². The molecule has 9 heteroatoms. The minimum atomic E-state index is -3.65. The van der Waals surface area contributed by atoms with Gasteiger partial charge in [0.25, 0.3) is 5.56 Å². The topological polar surface area (TPSA) is 97.5 Å². The number of aryl methyl sites for hydroxylation is 1. The van der Waals surface area contributed by atoms with Crippen LogP contribution in [0.1, 0.15) is 10.4 Å². The summed E-state index contributed by atoms with van der Waals surface area (Å²) in [6, 6.07) is 8.45. The molecule has 0 bridgehead atoms. The zero-order chi connectivity index (χ0) is 18.3. The Morgan fingerprint density at radius 3 is 2.58 bits per heavy atom. The number of hydrogen-bond acceptors (Lipinski definition) is 6. The summed E-state index contributed by atoms with van der Waals surface area (Å²) in [5.74, 6) is 1.19. The lowest BCUT2D eigenvalue weighted by Crippen LogP contribution is -2.26. The van der Waals surface area contributed by atoms with Gasteiger partial charge in [0.2, 0.25) is 10.0 Å². The molecule has 0 saturated carbocycles.